The fraction of sp³-hybridized carbons (Fsp3) is 0.532. The van der Waals surface area contributed by atoms with E-state index in [9.17, 15) is 33.6 Å². The second-order valence-corrected chi connectivity index (χ2v) is 22.9. The van der Waals surface area contributed by atoms with Crippen LogP contribution in [0.25, 0.3) is 11.1 Å². The van der Waals surface area contributed by atoms with Crippen LogP contribution in [0.4, 0.5) is 0 Å². The predicted molar refractivity (Wildman–Crippen MR) is 302 cm³/mol. The van der Waals surface area contributed by atoms with Gasteiger partial charge >= 0.3 is 23.9 Å². The molecule has 3 aromatic carbocycles. The van der Waals surface area contributed by atoms with Crippen molar-refractivity contribution >= 4 is 47.5 Å². The standard InChI is InChI=1S/C62H84N6O12/c1-38(2)29-49-59(73)77-43(10)56(70)65(12)52(32-41(7)8)62(76)80-54(34-45-25-27-46(28-26-45)36-68-37-48(35-63-68)47-23-19-16-20-24-47)58(72)67(14)50(30-39(3)4)60(74)78-42(9)55(69)64(11)51(31-40(5)6)61(75)79-53(57(71)66(49)13)33-44-21-17-15-18-22-44/h15-28,35,37-43,49-54H,29-34,36H2,1-14H3/t42-,43-,49+,50+,51+,52+,53-,54-/m1/s1. The lowest BCUT2D eigenvalue weighted by molar-refractivity contribution is -0.176. The zero-order chi connectivity index (χ0) is 59.1. The third-order valence-electron chi connectivity index (χ3n) is 14.3. The number of rotatable bonds is 15. The number of cyclic esters (lactones) is 4. The second-order valence-electron chi connectivity index (χ2n) is 22.9. The number of esters is 4. The summed E-state index contributed by atoms with van der Waals surface area (Å²) in [4.78, 5) is 121. The maximum Gasteiger partial charge on any atom is 0.329 e. The molecule has 4 amide bonds. The molecule has 1 aromatic heterocycles. The minimum Gasteiger partial charge on any atom is -0.451 e. The molecule has 8 atom stereocenters. The fourth-order valence-corrected chi connectivity index (χ4v) is 9.72. The van der Waals surface area contributed by atoms with Gasteiger partial charge in [0.2, 0.25) is 0 Å². The Bertz CT molecular complexity index is 2710. The molecule has 0 radical (unpaired) electrons. The molecule has 0 unspecified atom stereocenters. The molecule has 0 bridgehead atoms. The van der Waals surface area contributed by atoms with Crippen LogP contribution in [0.1, 0.15) is 112 Å². The summed E-state index contributed by atoms with van der Waals surface area (Å²) >= 11 is 0. The average Bonchev–Trinajstić information content (AvgIpc) is 3.89. The van der Waals surface area contributed by atoms with Crippen LogP contribution in [0, 0.1) is 23.7 Å². The van der Waals surface area contributed by atoms with Crippen LogP contribution < -0.4 is 0 Å². The third kappa shape index (κ3) is 17.6. The lowest BCUT2D eigenvalue weighted by Crippen LogP contribution is -2.55. The van der Waals surface area contributed by atoms with Gasteiger partial charge in [-0.25, -0.2) is 19.2 Å². The van der Waals surface area contributed by atoms with E-state index < -0.39 is 96.1 Å². The molecule has 0 saturated carbocycles. The van der Waals surface area contributed by atoms with Crippen molar-refractivity contribution in [3.63, 3.8) is 0 Å². The predicted octanol–water partition coefficient (Wildman–Crippen LogP) is 7.58. The molecule has 1 fully saturated rings. The van der Waals surface area contributed by atoms with E-state index in [4.69, 9.17) is 18.9 Å². The molecule has 18 heteroatoms. The van der Waals surface area contributed by atoms with E-state index in [0.29, 0.717) is 17.7 Å². The number of benzene rings is 3. The van der Waals surface area contributed by atoms with Gasteiger partial charge in [0.15, 0.2) is 24.4 Å². The Kier molecular flexibility index (Phi) is 23.2. The third-order valence-corrected chi connectivity index (χ3v) is 14.3. The summed E-state index contributed by atoms with van der Waals surface area (Å²) in [6.07, 6.45) is -2.08. The molecule has 0 spiro atoms. The quantitative estimate of drug-likeness (QED) is 0.0833. The first-order valence-corrected chi connectivity index (χ1v) is 27.8. The molecule has 1 aliphatic heterocycles. The van der Waals surface area contributed by atoms with Gasteiger partial charge in [-0.3, -0.25) is 23.9 Å². The highest BCUT2D eigenvalue weighted by Crippen LogP contribution is 2.25. The van der Waals surface area contributed by atoms with Crippen molar-refractivity contribution < 1.29 is 57.3 Å². The van der Waals surface area contributed by atoms with Crippen molar-refractivity contribution in [2.24, 2.45) is 23.7 Å². The monoisotopic (exact) mass is 1100 g/mol. The van der Waals surface area contributed by atoms with Crippen molar-refractivity contribution in [3.8, 4) is 11.1 Å². The number of nitrogens with zero attached hydrogens (tertiary/aromatic N) is 6. The summed E-state index contributed by atoms with van der Waals surface area (Å²) in [6, 6.07) is 21.1. The van der Waals surface area contributed by atoms with Gasteiger partial charge < -0.3 is 38.5 Å². The molecule has 2 heterocycles. The highest BCUT2D eigenvalue weighted by atomic mass is 16.6. The number of aromatic nitrogens is 2. The molecule has 80 heavy (non-hydrogen) atoms. The van der Waals surface area contributed by atoms with E-state index in [1.807, 2.05) is 121 Å². The van der Waals surface area contributed by atoms with E-state index in [0.717, 1.165) is 36.3 Å². The minimum atomic E-state index is -1.54. The van der Waals surface area contributed by atoms with Crippen molar-refractivity contribution in [1.29, 1.82) is 0 Å². The summed E-state index contributed by atoms with van der Waals surface area (Å²) < 4.78 is 25.9. The van der Waals surface area contributed by atoms with E-state index in [-0.39, 0.29) is 62.2 Å². The molecule has 0 aliphatic carbocycles. The van der Waals surface area contributed by atoms with Gasteiger partial charge in [-0.05, 0) is 85.5 Å². The Morgan fingerprint density at radius 3 is 1.11 bits per heavy atom. The highest BCUT2D eigenvalue weighted by Gasteiger charge is 2.43. The van der Waals surface area contributed by atoms with Gasteiger partial charge in [-0.15, -0.1) is 0 Å². The average molecular weight is 1110 g/mol. The molecule has 434 valence electrons. The van der Waals surface area contributed by atoms with Crippen LogP contribution in [0.5, 0.6) is 0 Å². The Morgan fingerprint density at radius 2 is 0.738 bits per heavy atom. The molecule has 18 nitrogen and oxygen atoms in total. The highest BCUT2D eigenvalue weighted by molar-refractivity contribution is 5.94. The smallest absolute Gasteiger partial charge is 0.329 e. The largest absolute Gasteiger partial charge is 0.451 e. The molecule has 1 aliphatic rings. The number of hydrogen-bond donors (Lipinski definition) is 0. The molecule has 4 aromatic rings. The number of ether oxygens (including phenoxy) is 4. The first-order valence-electron chi connectivity index (χ1n) is 27.8. The maximum absolute atomic E-state index is 15.0. The summed E-state index contributed by atoms with van der Waals surface area (Å²) in [6.45, 7) is 18.0. The van der Waals surface area contributed by atoms with Gasteiger partial charge in [0, 0.05) is 52.8 Å². The second kappa shape index (κ2) is 29.2. The number of hydrogen-bond acceptors (Lipinski definition) is 13. The lowest BCUT2D eigenvalue weighted by Gasteiger charge is -2.35. The van der Waals surface area contributed by atoms with E-state index in [1.165, 1.54) is 42.0 Å². The molecule has 5 rings (SSSR count). The summed E-state index contributed by atoms with van der Waals surface area (Å²) in [5.41, 5.74) is 4.15. The topological polar surface area (TPSA) is 204 Å². The van der Waals surface area contributed by atoms with Crippen molar-refractivity contribution in [1.82, 2.24) is 29.4 Å². The number of carbonyl (C=O) groups is 8. The summed E-state index contributed by atoms with van der Waals surface area (Å²) in [5, 5.41) is 4.55. The normalized spacial score (nSPS) is 23.2. The first-order chi connectivity index (χ1) is 37.7. The van der Waals surface area contributed by atoms with Gasteiger partial charge in [0.05, 0.1) is 12.7 Å². The first kappa shape index (κ1) is 63.5. The molecule has 1 saturated heterocycles. The zero-order valence-corrected chi connectivity index (χ0v) is 49.2. The SMILES string of the molecule is CC(C)C[C@H]1C(=O)O[C@H](Cc2ccc(Cn3cc(-c4ccccc4)cn3)cc2)C(=O)N(C)[C@@H](CC(C)C)C(=O)O[C@H](C)C(=O)N(C)[C@@H](CC(C)C)C(=O)O[C@H](Cc2ccccc2)C(=O)N(C)[C@@H](CC(C)C)C(=O)O[C@H](C)C(=O)N1C. The Balaban J connectivity index is 1.57. The molecular weight excluding hydrogens is 1020 g/mol. The van der Waals surface area contributed by atoms with Crippen molar-refractivity contribution in [2.75, 3.05) is 28.2 Å². The van der Waals surface area contributed by atoms with Gasteiger partial charge in [0.25, 0.3) is 23.6 Å². The van der Waals surface area contributed by atoms with Crippen LogP contribution in [0.3, 0.4) is 0 Å². The van der Waals surface area contributed by atoms with Crippen LogP contribution in [0.2, 0.25) is 0 Å². The van der Waals surface area contributed by atoms with Crippen LogP contribution in [-0.4, -0.2) is 154 Å². The van der Waals surface area contributed by atoms with Crippen LogP contribution in [0.15, 0.2) is 97.3 Å². The minimum absolute atomic E-state index is 0.0853. The fourth-order valence-electron chi connectivity index (χ4n) is 9.72. The number of carbonyl (C=O) groups excluding carboxylic acids is 8. The zero-order valence-electron chi connectivity index (χ0n) is 49.2. The Morgan fingerprint density at radius 1 is 0.412 bits per heavy atom. The molecule has 0 N–H and O–H groups in total. The van der Waals surface area contributed by atoms with Crippen LogP contribution in [-0.2, 0) is 76.7 Å². The van der Waals surface area contributed by atoms with Gasteiger partial charge in [-0.1, -0.05) is 140 Å². The van der Waals surface area contributed by atoms with Gasteiger partial charge in [-0.2, -0.15) is 5.10 Å². The van der Waals surface area contributed by atoms with E-state index in [1.54, 1.807) is 36.5 Å². The molecular formula is C62H84N6O12. The van der Waals surface area contributed by atoms with Crippen molar-refractivity contribution in [2.45, 2.75) is 163 Å². The lowest BCUT2D eigenvalue weighted by atomic mass is 9.99. The number of amides is 4. The van der Waals surface area contributed by atoms with Crippen LogP contribution >= 0.6 is 0 Å². The van der Waals surface area contributed by atoms with E-state index in [2.05, 4.69) is 5.10 Å². The summed E-state index contributed by atoms with van der Waals surface area (Å²) in [5.74, 6) is -7.33. The summed E-state index contributed by atoms with van der Waals surface area (Å²) in [7, 11) is 5.58. The Hall–Kier alpha value is -7.37. The maximum atomic E-state index is 15.0. The van der Waals surface area contributed by atoms with Crippen molar-refractivity contribution in [3.05, 3.63) is 114 Å². The Labute approximate surface area is 472 Å². The van der Waals surface area contributed by atoms with E-state index >= 15 is 4.79 Å². The number of likely N-dealkylation sites (N-methyl/N-ethyl adjacent to an activating group) is 4. The van der Waals surface area contributed by atoms with Gasteiger partial charge in [0.1, 0.15) is 24.2 Å².